The fourth-order valence-corrected chi connectivity index (χ4v) is 3.07. The first-order valence-corrected chi connectivity index (χ1v) is 8.14. The van der Waals surface area contributed by atoms with Gasteiger partial charge in [0.2, 0.25) is 11.9 Å². The van der Waals surface area contributed by atoms with E-state index in [4.69, 9.17) is 28.9 Å². The zero-order valence-electron chi connectivity index (χ0n) is 11.7. The molecular formula is C15H11Cl2N5S. The average molecular weight is 364 g/mol. The summed E-state index contributed by atoms with van der Waals surface area (Å²) in [6.07, 6.45) is 0. The van der Waals surface area contributed by atoms with Gasteiger partial charge in [-0.1, -0.05) is 41.4 Å². The zero-order valence-corrected chi connectivity index (χ0v) is 14.0. The van der Waals surface area contributed by atoms with Crippen molar-refractivity contribution in [2.45, 2.75) is 10.1 Å². The number of anilines is 3. The quantitative estimate of drug-likeness (QED) is 0.701. The topological polar surface area (TPSA) is 76.7 Å². The van der Waals surface area contributed by atoms with E-state index in [0.29, 0.717) is 21.2 Å². The third-order valence-electron chi connectivity index (χ3n) is 2.76. The minimum Gasteiger partial charge on any atom is -0.368 e. The van der Waals surface area contributed by atoms with Gasteiger partial charge in [-0.05, 0) is 42.1 Å². The van der Waals surface area contributed by atoms with Gasteiger partial charge in [0.25, 0.3) is 0 Å². The van der Waals surface area contributed by atoms with Crippen LogP contribution in [-0.4, -0.2) is 15.0 Å². The molecule has 0 radical (unpaired) electrons. The lowest BCUT2D eigenvalue weighted by atomic mass is 10.3. The van der Waals surface area contributed by atoms with Crippen molar-refractivity contribution in [3.05, 3.63) is 58.6 Å². The summed E-state index contributed by atoms with van der Waals surface area (Å²) in [6.45, 7) is 0. The van der Waals surface area contributed by atoms with Gasteiger partial charge in [-0.2, -0.15) is 15.0 Å². The van der Waals surface area contributed by atoms with Gasteiger partial charge in [-0.3, -0.25) is 0 Å². The van der Waals surface area contributed by atoms with Crippen LogP contribution in [0, 0.1) is 0 Å². The van der Waals surface area contributed by atoms with Crippen LogP contribution in [0.4, 0.5) is 17.6 Å². The minimum atomic E-state index is 0.131. The molecule has 1 heterocycles. The number of hydrogen-bond donors (Lipinski definition) is 2. The third-order valence-corrected chi connectivity index (χ3v) is 4.36. The predicted molar refractivity (Wildman–Crippen MR) is 94.5 cm³/mol. The molecule has 1 aromatic heterocycles. The number of hydrogen-bond acceptors (Lipinski definition) is 6. The van der Waals surface area contributed by atoms with E-state index in [0.717, 1.165) is 10.6 Å². The number of aromatic nitrogens is 3. The maximum Gasteiger partial charge on any atom is 0.233 e. The van der Waals surface area contributed by atoms with Crippen LogP contribution in [-0.2, 0) is 0 Å². The summed E-state index contributed by atoms with van der Waals surface area (Å²) in [4.78, 5) is 13.3. The molecule has 0 amide bonds. The van der Waals surface area contributed by atoms with Crippen molar-refractivity contribution in [1.29, 1.82) is 0 Å². The van der Waals surface area contributed by atoms with E-state index in [9.17, 15) is 0 Å². The average Bonchev–Trinajstić information content (AvgIpc) is 2.50. The lowest BCUT2D eigenvalue weighted by molar-refractivity contribution is 0.925. The van der Waals surface area contributed by atoms with Gasteiger partial charge in [0.15, 0.2) is 5.16 Å². The van der Waals surface area contributed by atoms with Crippen LogP contribution in [0.5, 0.6) is 0 Å². The molecule has 3 aromatic rings. The Hall–Kier alpha value is -2.02. The summed E-state index contributed by atoms with van der Waals surface area (Å²) in [5.41, 5.74) is 6.62. The summed E-state index contributed by atoms with van der Waals surface area (Å²) in [5.74, 6) is 0.502. The van der Waals surface area contributed by atoms with Gasteiger partial charge in [0.05, 0.1) is 5.02 Å². The monoisotopic (exact) mass is 363 g/mol. The molecule has 116 valence electrons. The number of nitrogen functional groups attached to an aromatic ring is 1. The molecule has 0 spiro atoms. The molecule has 23 heavy (non-hydrogen) atoms. The number of para-hydroxylation sites is 1. The lowest BCUT2D eigenvalue weighted by Crippen LogP contribution is -2.04. The van der Waals surface area contributed by atoms with Crippen molar-refractivity contribution in [3.63, 3.8) is 0 Å². The fraction of sp³-hybridized carbons (Fsp3) is 0. The molecule has 8 heteroatoms. The second kappa shape index (κ2) is 7.04. The van der Waals surface area contributed by atoms with Gasteiger partial charge in [-0.25, -0.2) is 0 Å². The fourth-order valence-electron chi connectivity index (χ4n) is 1.78. The highest BCUT2D eigenvalue weighted by Gasteiger charge is 2.09. The van der Waals surface area contributed by atoms with Crippen LogP contribution in [0.15, 0.2) is 58.6 Å². The molecule has 0 saturated heterocycles. The Labute approximate surface area is 147 Å². The minimum absolute atomic E-state index is 0.131. The zero-order chi connectivity index (χ0) is 16.2. The van der Waals surface area contributed by atoms with Crippen LogP contribution in [0.2, 0.25) is 10.0 Å². The highest BCUT2D eigenvalue weighted by molar-refractivity contribution is 7.99. The van der Waals surface area contributed by atoms with E-state index in [1.807, 2.05) is 30.3 Å². The molecule has 0 saturated carbocycles. The molecular weight excluding hydrogens is 353 g/mol. The molecule has 0 bridgehead atoms. The Kier molecular flexibility index (Phi) is 4.85. The van der Waals surface area contributed by atoms with Gasteiger partial charge in [-0.15, -0.1) is 0 Å². The number of rotatable bonds is 4. The van der Waals surface area contributed by atoms with Crippen LogP contribution in [0.1, 0.15) is 0 Å². The van der Waals surface area contributed by atoms with Gasteiger partial charge >= 0.3 is 0 Å². The molecule has 0 fully saturated rings. The molecule has 2 aromatic carbocycles. The Morgan fingerprint density at radius 1 is 0.957 bits per heavy atom. The highest BCUT2D eigenvalue weighted by Crippen LogP contribution is 2.33. The Balaban J connectivity index is 1.85. The number of halogens is 2. The first-order valence-electron chi connectivity index (χ1n) is 6.57. The smallest absolute Gasteiger partial charge is 0.233 e. The van der Waals surface area contributed by atoms with Crippen LogP contribution in [0.25, 0.3) is 0 Å². The summed E-state index contributed by atoms with van der Waals surface area (Å²) in [6, 6.07) is 14.8. The van der Waals surface area contributed by atoms with E-state index in [1.54, 1.807) is 18.2 Å². The summed E-state index contributed by atoms with van der Waals surface area (Å²) >= 11 is 13.4. The first-order chi connectivity index (χ1) is 11.1. The van der Waals surface area contributed by atoms with E-state index >= 15 is 0 Å². The van der Waals surface area contributed by atoms with Gasteiger partial charge in [0, 0.05) is 15.6 Å². The van der Waals surface area contributed by atoms with Crippen molar-refractivity contribution in [2.24, 2.45) is 0 Å². The van der Waals surface area contributed by atoms with Crippen molar-refractivity contribution in [1.82, 2.24) is 15.0 Å². The Morgan fingerprint density at radius 2 is 1.74 bits per heavy atom. The molecule has 0 atom stereocenters. The molecule has 0 aliphatic heterocycles. The summed E-state index contributed by atoms with van der Waals surface area (Å²) < 4.78 is 0. The molecule has 5 nitrogen and oxygen atoms in total. The number of nitrogens with zero attached hydrogens (tertiary/aromatic N) is 3. The van der Waals surface area contributed by atoms with Crippen molar-refractivity contribution >= 4 is 52.5 Å². The first kappa shape index (κ1) is 15.9. The Morgan fingerprint density at radius 3 is 2.48 bits per heavy atom. The van der Waals surface area contributed by atoms with Gasteiger partial charge in [0.1, 0.15) is 0 Å². The van der Waals surface area contributed by atoms with Crippen molar-refractivity contribution in [2.75, 3.05) is 11.1 Å². The summed E-state index contributed by atoms with van der Waals surface area (Å²) in [5, 5.41) is 4.63. The van der Waals surface area contributed by atoms with Crippen molar-refractivity contribution in [3.8, 4) is 0 Å². The van der Waals surface area contributed by atoms with E-state index < -0.39 is 0 Å². The highest BCUT2D eigenvalue weighted by atomic mass is 35.5. The van der Waals surface area contributed by atoms with Gasteiger partial charge < -0.3 is 11.1 Å². The lowest BCUT2D eigenvalue weighted by Gasteiger charge is -2.07. The second-order valence-corrected chi connectivity index (χ2v) is 6.32. The maximum absolute atomic E-state index is 6.17. The molecule has 3 N–H and O–H groups in total. The van der Waals surface area contributed by atoms with E-state index in [-0.39, 0.29) is 5.95 Å². The van der Waals surface area contributed by atoms with E-state index in [1.165, 1.54) is 11.8 Å². The normalized spacial score (nSPS) is 10.5. The number of nitrogens with two attached hydrogens (primary N) is 1. The van der Waals surface area contributed by atoms with Crippen LogP contribution < -0.4 is 11.1 Å². The van der Waals surface area contributed by atoms with Crippen LogP contribution in [0.3, 0.4) is 0 Å². The molecule has 0 aliphatic rings. The standard InChI is InChI=1S/C15H11Cl2N5S/c16-9-6-7-12(11(17)8-9)23-15-21-13(18)20-14(22-15)19-10-4-2-1-3-5-10/h1-8H,(H3,18,19,20,21,22). The van der Waals surface area contributed by atoms with Crippen LogP contribution >= 0.6 is 35.0 Å². The summed E-state index contributed by atoms with van der Waals surface area (Å²) in [7, 11) is 0. The van der Waals surface area contributed by atoms with E-state index in [2.05, 4.69) is 20.3 Å². The largest absolute Gasteiger partial charge is 0.368 e. The van der Waals surface area contributed by atoms with Crippen molar-refractivity contribution < 1.29 is 0 Å². The Bertz CT molecular complexity index is 829. The number of benzene rings is 2. The predicted octanol–water partition coefficient (Wildman–Crippen LogP) is 4.66. The molecule has 0 aliphatic carbocycles. The molecule has 3 rings (SSSR count). The second-order valence-electron chi connectivity index (χ2n) is 4.47. The SMILES string of the molecule is Nc1nc(Nc2ccccc2)nc(Sc2ccc(Cl)cc2Cl)n1. The third kappa shape index (κ3) is 4.25. The molecule has 0 unspecified atom stereocenters. The number of nitrogens with one attached hydrogen (secondary N) is 1. The maximum atomic E-state index is 6.17.